The first kappa shape index (κ1) is 11.5. The van der Waals surface area contributed by atoms with E-state index in [0.717, 1.165) is 25.9 Å². The average Bonchev–Trinajstić information content (AvgIpc) is 2.18. The number of hydrogen-bond donors (Lipinski definition) is 2. The molecule has 0 spiro atoms. The van der Waals surface area contributed by atoms with Crippen LogP contribution in [0.3, 0.4) is 0 Å². The van der Waals surface area contributed by atoms with E-state index in [1.165, 1.54) is 0 Å². The number of nitrogens with one attached hydrogen (secondary N) is 1. The van der Waals surface area contributed by atoms with Gasteiger partial charge in [0.05, 0.1) is 6.42 Å². The predicted octanol–water partition coefficient (Wildman–Crippen LogP) is 0.723. The summed E-state index contributed by atoms with van der Waals surface area (Å²) < 4.78 is 5.07. The lowest BCUT2D eigenvalue weighted by Gasteiger charge is -2.29. The van der Waals surface area contributed by atoms with Gasteiger partial charge in [-0.25, -0.2) is 0 Å². The van der Waals surface area contributed by atoms with E-state index >= 15 is 0 Å². The van der Waals surface area contributed by atoms with E-state index in [0.29, 0.717) is 12.5 Å². The minimum Gasteiger partial charge on any atom is -0.481 e. The molecule has 0 saturated carbocycles. The third-order valence-electron chi connectivity index (χ3n) is 2.87. The maximum Gasteiger partial charge on any atom is 0.303 e. The van der Waals surface area contributed by atoms with E-state index in [-0.39, 0.29) is 12.3 Å². The molecule has 1 aliphatic rings. The maximum atomic E-state index is 10.7. The summed E-state index contributed by atoms with van der Waals surface area (Å²) >= 11 is 0. The molecule has 0 radical (unpaired) electrons. The van der Waals surface area contributed by atoms with Crippen LogP contribution in [0.4, 0.5) is 0 Å². The Kier molecular flexibility index (Phi) is 4.90. The van der Waals surface area contributed by atoms with Crippen molar-refractivity contribution in [3.63, 3.8) is 0 Å². The van der Waals surface area contributed by atoms with Crippen LogP contribution in [0, 0.1) is 11.8 Å². The quantitative estimate of drug-likeness (QED) is 0.688. The van der Waals surface area contributed by atoms with E-state index in [2.05, 4.69) is 5.32 Å². The zero-order valence-electron chi connectivity index (χ0n) is 8.66. The molecule has 2 N–H and O–H groups in total. The predicted molar refractivity (Wildman–Crippen MR) is 53.2 cm³/mol. The van der Waals surface area contributed by atoms with Gasteiger partial charge in [0.1, 0.15) is 0 Å². The molecule has 14 heavy (non-hydrogen) atoms. The number of methoxy groups -OCH3 is 1. The lowest BCUT2D eigenvalue weighted by Crippen LogP contribution is -2.34. The third-order valence-corrected chi connectivity index (χ3v) is 2.87. The van der Waals surface area contributed by atoms with Crippen LogP contribution < -0.4 is 5.32 Å². The number of piperidine rings is 1. The molecule has 4 nitrogen and oxygen atoms in total. The van der Waals surface area contributed by atoms with Crippen molar-refractivity contribution in [3.8, 4) is 0 Å². The second-order valence-corrected chi connectivity index (χ2v) is 3.90. The SMILES string of the molecule is COCC(CC(=O)O)C1CCNCC1. The summed E-state index contributed by atoms with van der Waals surface area (Å²) in [6.45, 7) is 2.58. The summed E-state index contributed by atoms with van der Waals surface area (Å²) in [7, 11) is 1.63. The molecule has 1 unspecified atom stereocenters. The number of ether oxygens (including phenoxy) is 1. The van der Waals surface area contributed by atoms with Gasteiger partial charge in [0.2, 0.25) is 0 Å². The molecule has 1 atom stereocenters. The largest absolute Gasteiger partial charge is 0.481 e. The Morgan fingerprint density at radius 1 is 1.57 bits per heavy atom. The molecular weight excluding hydrogens is 182 g/mol. The molecule has 1 heterocycles. The van der Waals surface area contributed by atoms with Crippen LogP contribution in [-0.4, -0.2) is 37.9 Å². The smallest absolute Gasteiger partial charge is 0.303 e. The van der Waals surface area contributed by atoms with Crippen molar-refractivity contribution >= 4 is 5.97 Å². The lowest BCUT2D eigenvalue weighted by molar-refractivity contribution is -0.139. The van der Waals surface area contributed by atoms with E-state index in [1.807, 2.05) is 0 Å². The fourth-order valence-corrected chi connectivity index (χ4v) is 2.12. The van der Waals surface area contributed by atoms with Crippen LogP contribution in [0.25, 0.3) is 0 Å². The van der Waals surface area contributed by atoms with Gasteiger partial charge in [0, 0.05) is 13.7 Å². The maximum absolute atomic E-state index is 10.7. The van der Waals surface area contributed by atoms with Crippen LogP contribution in [-0.2, 0) is 9.53 Å². The zero-order valence-corrected chi connectivity index (χ0v) is 8.66. The monoisotopic (exact) mass is 201 g/mol. The van der Waals surface area contributed by atoms with Crippen LogP contribution in [0.5, 0.6) is 0 Å². The number of carboxylic acid groups (broad SMARTS) is 1. The first-order valence-electron chi connectivity index (χ1n) is 5.15. The summed E-state index contributed by atoms with van der Waals surface area (Å²) in [6, 6.07) is 0. The van der Waals surface area contributed by atoms with Crippen molar-refractivity contribution in [1.29, 1.82) is 0 Å². The molecule has 1 aliphatic heterocycles. The van der Waals surface area contributed by atoms with Gasteiger partial charge in [-0.2, -0.15) is 0 Å². The Bertz CT molecular complexity index is 178. The minimum absolute atomic E-state index is 0.180. The first-order valence-corrected chi connectivity index (χ1v) is 5.15. The number of rotatable bonds is 5. The Balaban J connectivity index is 2.42. The van der Waals surface area contributed by atoms with Gasteiger partial charge in [0.25, 0.3) is 0 Å². The molecule has 82 valence electrons. The summed E-state index contributed by atoms with van der Waals surface area (Å²) in [6.07, 6.45) is 2.38. The Labute approximate surface area is 84.6 Å². The highest BCUT2D eigenvalue weighted by molar-refractivity contribution is 5.67. The van der Waals surface area contributed by atoms with Gasteiger partial charge in [-0.15, -0.1) is 0 Å². The Morgan fingerprint density at radius 3 is 2.71 bits per heavy atom. The van der Waals surface area contributed by atoms with Crippen molar-refractivity contribution in [1.82, 2.24) is 5.32 Å². The Morgan fingerprint density at radius 2 is 2.21 bits per heavy atom. The molecule has 0 aromatic carbocycles. The average molecular weight is 201 g/mol. The highest BCUT2D eigenvalue weighted by Crippen LogP contribution is 2.24. The van der Waals surface area contributed by atoms with Crippen LogP contribution in [0.1, 0.15) is 19.3 Å². The molecule has 1 saturated heterocycles. The Hall–Kier alpha value is -0.610. The van der Waals surface area contributed by atoms with Crippen molar-refractivity contribution < 1.29 is 14.6 Å². The molecular formula is C10H19NO3. The van der Waals surface area contributed by atoms with E-state index < -0.39 is 5.97 Å². The van der Waals surface area contributed by atoms with Gasteiger partial charge in [-0.3, -0.25) is 4.79 Å². The van der Waals surface area contributed by atoms with Crippen molar-refractivity contribution in [2.75, 3.05) is 26.8 Å². The first-order chi connectivity index (χ1) is 6.74. The number of hydrogen-bond acceptors (Lipinski definition) is 3. The van der Waals surface area contributed by atoms with Gasteiger partial charge in [0.15, 0.2) is 0 Å². The fraction of sp³-hybridized carbons (Fsp3) is 0.900. The number of aliphatic carboxylic acids is 1. The van der Waals surface area contributed by atoms with Gasteiger partial charge in [-0.1, -0.05) is 0 Å². The molecule has 0 amide bonds. The second-order valence-electron chi connectivity index (χ2n) is 3.90. The molecule has 0 bridgehead atoms. The van der Waals surface area contributed by atoms with Gasteiger partial charge < -0.3 is 15.2 Å². The fourth-order valence-electron chi connectivity index (χ4n) is 2.12. The molecule has 1 fully saturated rings. The summed E-state index contributed by atoms with van der Waals surface area (Å²) in [5.74, 6) is -0.0301. The summed E-state index contributed by atoms with van der Waals surface area (Å²) in [5, 5.41) is 12.0. The lowest BCUT2D eigenvalue weighted by atomic mass is 9.83. The van der Waals surface area contributed by atoms with E-state index in [9.17, 15) is 4.79 Å². The molecule has 4 heteroatoms. The van der Waals surface area contributed by atoms with Crippen LogP contribution >= 0.6 is 0 Å². The number of carbonyl (C=O) groups is 1. The van der Waals surface area contributed by atoms with Crippen LogP contribution in [0.2, 0.25) is 0 Å². The molecule has 0 aromatic rings. The van der Waals surface area contributed by atoms with Crippen molar-refractivity contribution in [2.45, 2.75) is 19.3 Å². The minimum atomic E-state index is -0.717. The highest BCUT2D eigenvalue weighted by Gasteiger charge is 2.25. The van der Waals surface area contributed by atoms with Gasteiger partial charge in [-0.05, 0) is 37.8 Å². The van der Waals surface area contributed by atoms with Gasteiger partial charge >= 0.3 is 5.97 Å². The topological polar surface area (TPSA) is 58.6 Å². The van der Waals surface area contributed by atoms with E-state index in [1.54, 1.807) is 7.11 Å². The number of carboxylic acids is 1. The highest BCUT2D eigenvalue weighted by atomic mass is 16.5. The summed E-state index contributed by atoms with van der Waals surface area (Å²) in [5.41, 5.74) is 0. The molecule has 0 aliphatic carbocycles. The normalized spacial score (nSPS) is 20.6. The molecule has 0 aromatic heterocycles. The van der Waals surface area contributed by atoms with Crippen molar-refractivity contribution in [3.05, 3.63) is 0 Å². The standard InChI is InChI=1S/C10H19NO3/c1-14-7-9(6-10(12)13)8-2-4-11-5-3-8/h8-9,11H,2-7H2,1H3,(H,12,13). The second kappa shape index (κ2) is 5.98. The van der Waals surface area contributed by atoms with Crippen molar-refractivity contribution in [2.24, 2.45) is 11.8 Å². The zero-order chi connectivity index (χ0) is 10.4. The summed E-state index contributed by atoms with van der Waals surface area (Å²) in [4.78, 5) is 10.7. The molecule has 1 rings (SSSR count). The van der Waals surface area contributed by atoms with Crippen LogP contribution in [0.15, 0.2) is 0 Å². The third kappa shape index (κ3) is 3.64. The van der Waals surface area contributed by atoms with E-state index in [4.69, 9.17) is 9.84 Å².